The van der Waals surface area contributed by atoms with Crippen LogP contribution in [-0.4, -0.2) is 38.4 Å². The highest BCUT2D eigenvalue weighted by atomic mass is 35.5. The van der Waals surface area contributed by atoms with Crippen LogP contribution in [0.5, 0.6) is 0 Å². The van der Waals surface area contributed by atoms with Crippen LogP contribution in [0.15, 0.2) is 22.9 Å². The van der Waals surface area contributed by atoms with E-state index >= 15 is 0 Å². The molecule has 1 aliphatic carbocycles. The normalized spacial score (nSPS) is 21.5. The Morgan fingerprint density at radius 1 is 1.41 bits per heavy atom. The van der Waals surface area contributed by atoms with Gasteiger partial charge in [-0.25, -0.2) is 0 Å². The number of nitrogens with zero attached hydrogens (tertiary/aromatic N) is 4. The lowest BCUT2D eigenvalue weighted by Gasteiger charge is -2.24. The first-order valence-electron chi connectivity index (χ1n) is 7.66. The van der Waals surface area contributed by atoms with E-state index in [1.807, 2.05) is 15.8 Å². The molecule has 116 valence electrons. The molecule has 1 aliphatic heterocycles. The summed E-state index contributed by atoms with van der Waals surface area (Å²) in [5.41, 5.74) is 1.51. The van der Waals surface area contributed by atoms with Crippen molar-refractivity contribution in [3.05, 3.63) is 35.0 Å². The molecule has 0 N–H and O–H groups in total. The summed E-state index contributed by atoms with van der Waals surface area (Å²) in [6.45, 7) is 1.43. The zero-order valence-electron chi connectivity index (χ0n) is 12.1. The van der Waals surface area contributed by atoms with Crippen LogP contribution >= 0.6 is 11.6 Å². The van der Waals surface area contributed by atoms with Gasteiger partial charge in [0.1, 0.15) is 0 Å². The fraction of sp³-hybridized carbons (Fsp3) is 0.533. The van der Waals surface area contributed by atoms with Gasteiger partial charge in [0.05, 0.1) is 30.1 Å². The Labute approximate surface area is 133 Å². The summed E-state index contributed by atoms with van der Waals surface area (Å²) < 4.78 is 6.89. The average molecular weight is 321 g/mol. The molecule has 2 fully saturated rings. The number of aromatic nitrogens is 3. The number of amides is 1. The summed E-state index contributed by atoms with van der Waals surface area (Å²) in [6, 6.07) is 1.76. The Hall–Kier alpha value is -1.82. The van der Waals surface area contributed by atoms with Crippen LogP contribution in [0, 0.1) is 0 Å². The highest BCUT2D eigenvalue weighted by Crippen LogP contribution is 2.38. The van der Waals surface area contributed by atoms with Crippen LogP contribution in [0.25, 0.3) is 0 Å². The molecule has 6 nitrogen and oxygen atoms in total. The molecular weight excluding hydrogens is 304 g/mol. The summed E-state index contributed by atoms with van der Waals surface area (Å²) in [6.07, 6.45) is 7.86. The van der Waals surface area contributed by atoms with Gasteiger partial charge in [-0.3, -0.25) is 9.48 Å². The van der Waals surface area contributed by atoms with Gasteiger partial charge in [-0.2, -0.15) is 0 Å². The lowest BCUT2D eigenvalue weighted by atomic mass is 10.2. The molecule has 1 atom stereocenters. The van der Waals surface area contributed by atoms with E-state index in [0.29, 0.717) is 18.0 Å². The van der Waals surface area contributed by atoms with E-state index in [2.05, 4.69) is 10.3 Å². The molecular formula is C15H17ClN4O2. The number of likely N-dealkylation sites (tertiary alicyclic amines) is 1. The highest BCUT2D eigenvalue weighted by molar-refractivity contribution is 6.32. The Morgan fingerprint density at radius 2 is 2.27 bits per heavy atom. The maximum Gasteiger partial charge on any atom is 0.259 e. The van der Waals surface area contributed by atoms with Gasteiger partial charge in [0.15, 0.2) is 0 Å². The van der Waals surface area contributed by atoms with Gasteiger partial charge >= 0.3 is 0 Å². The Balaban J connectivity index is 1.48. The second-order valence-corrected chi connectivity index (χ2v) is 6.39. The summed E-state index contributed by atoms with van der Waals surface area (Å²) in [5.74, 6) is 0.531. The largest absolute Gasteiger partial charge is 0.452 e. The standard InChI is InChI=1S/C15H17ClN4O2/c16-14-12(5-7-22-14)15(21)20-6-1-2-11(20)8-19-9-13(17-18-19)10-3-4-10/h5,7,9-11H,1-4,6,8H2/t11-/m0/s1. The van der Waals surface area contributed by atoms with E-state index in [0.717, 1.165) is 25.1 Å². The first-order chi connectivity index (χ1) is 10.7. The molecule has 4 rings (SSSR count). The zero-order valence-corrected chi connectivity index (χ0v) is 12.9. The van der Waals surface area contributed by atoms with E-state index in [1.165, 1.54) is 19.1 Å². The van der Waals surface area contributed by atoms with Crippen molar-refractivity contribution >= 4 is 17.5 Å². The number of hydrogen-bond acceptors (Lipinski definition) is 4. The van der Waals surface area contributed by atoms with Gasteiger partial charge < -0.3 is 9.32 Å². The van der Waals surface area contributed by atoms with Crippen molar-refractivity contribution in [3.8, 4) is 0 Å². The SMILES string of the molecule is O=C(c1ccoc1Cl)N1CCC[C@H]1Cn1cc(C2CC2)nn1. The topological polar surface area (TPSA) is 64.2 Å². The summed E-state index contributed by atoms with van der Waals surface area (Å²) in [7, 11) is 0. The van der Waals surface area contributed by atoms with Crippen LogP contribution < -0.4 is 0 Å². The van der Waals surface area contributed by atoms with Crippen molar-refractivity contribution < 1.29 is 9.21 Å². The zero-order chi connectivity index (χ0) is 15.1. The highest BCUT2D eigenvalue weighted by Gasteiger charge is 2.32. The minimum Gasteiger partial charge on any atom is -0.452 e. The number of halogens is 1. The van der Waals surface area contributed by atoms with Gasteiger partial charge in [0.25, 0.3) is 5.91 Å². The number of carbonyl (C=O) groups excluding carboxylic acids is 1. The molecule has 1 saturated heterocycles. The van der Waals surface area contributed by atoms with Crippen molar-refractivity contribution in [2.45, 2.75) is 44.2 Å². The molecule has 3 heterocycles. The summed E-state index contributed by atoms with van der Waals surface area (Å²) in [5, 5.41) is 8.59. The summed E-state index contributed by atoms with van der Waals surface area (Å²) >= 11 is 5.92. The van der Waals surface area contributed by atoms with Crippen LogP contribution in [0.1, 0.15) is 47.7 Å². The first-order valence-corrected chi connectivity index (χ1v) is 8.04. The number of hydrogen-bond donors (Lipinski definition) is 0. The maximum absolute atomic E-state index is 12.6. The lowest BCUT2D eigenvalue weighted by molar-refractivity contribution is 0.0720. The lowest BCUT2D eigenvalue weighted by Crippen LogP contribution is -2.38. The predicted octanol–water partition coefficient (Wildman–Crippen LogP) is 2.71. The Morgan fingerprint density at radius 3 is 3.00 bits per heavy atom. The van der Waals surface area contributed by atoms with Crippen LogP contribution in [0.3, 0.4) is 0 Å². The molecule has 7 heteroatoms. The van der Waals surface area contributed by atoms with Crippen molar-refractivity contribution in [1.29, 1.82) is 0 Å². The van der Waals surface area contributed by atoms with Gasteiger partial charge in [-0.15, -0.1) is 5.10 Å². The van der Waals surface area contributed by atoms with Crippen molar-refractivity contribution in [2.24, 2.45) is 0 Å². The molecule has 0 bridgehead atoms. The second-order valence-electron chi connectivity index (χ2n) is 6.04. The fourth-order valence-electron chi connectivity index (χ4n) is 3.08. The molecule has 1 saturated carbocycles. The van der Waals surface area contributed by atoms with Crippen molar-refractivity contribution in [1.82, 2.24) is 19.9 Å². The smallest absolute Gasteiger partial charge is 0.259 e. The third-order valence-corrected chi connectivity index (χ3v) is 4.73. The van der Waals surface area contributed by atoms with Crippen LogP contribution in [-0.2, 0) is 6.54 Å². The maximum atomic E-state index is 12.6. The third kappa shape index (κ3) is 2.52. The minimum atomic E-state index is -0.0659. The fourth-order valence-corrected chi connectivity index (χ4v) is 3.27. The van der Waals surface area contributed by atoms with Gasteiger partial charge in [0, 0.05) is 18.7 Å². The molecule has 0 radical (unpaired) electrons. The number of carbonyl (C=O) groups is 1. The van der Waals surface area contributed by atoms with Crippen LogP contribution in [0.4, 0.5) is 0 Å². The third-order valence-electron chi connectivity index (χ3n) is 4.44. The molecule has 2 aromatic rings. The first kappa shape index (κ1) is 13.8. The molecule has 2 aliphatic rings. The van der Waals surface area contributed by atoms with Crippen molar-refractivity contribution in [2.75, 3.05) is 6.54 Å². The van der Waals surface area contributed by atoms with E-state index in [-0.39, 0.29) is 17.2 Å². The average Bonchev–Trinajstić information content (AvgIpc) is 2.90. The molecule has 2 aromatic heterocycles. The van der Waals surface area contributed by atoms with Gasteiger partial charge in [-0.05, 0) is 43.4 Å². The molecule has 1 amide bonds. The second kappa shape index (κ2) is 5.43. The van der Waals surface area contributed by atoms with E-state index in [9.17, 15) is 4.79 Å². The van der Waals surface area contributed by atoms with E-state index in [4.69, 9.17) is 16.0 Å². The molecule has 0 aromatic carbocycles. The van der Waals surface area contributed by atoms with E-state index < -0.39 is 0 Å². The van der Waals surface area contributed by atoms with Gasteiger partial charge in [-0.1, -0.05) is 5.21 Å². The quantitative estimate of drug-likeness (QED) is 0.869. The molecule has 0 spiro atoms. The monoisotopic (exact) mass is 320 g/mol. The Kier molecular flexibility index (Phi) is 3.41. The number of furan rings is 1. The number of rotatable bonds is 4. The van der Waals surface area contributed by atoms with Crippen LogP contribution in [0.2, 0.25) is 5.22 Å². The van der Waals surface area contributed by atoms with E-state index in [1.54, 1.807) is 6.07 Å². The molecule has 22 heavy (non-hydrogen) atoms. The predicted molar refractivity (Wildman–Crippen MR) is 79.8 cm³/mol. The Bertz CT molecular complexity index is 691. The minimum absolute atomic E-state index is 0.0659. The summed E-state index contributed by atoms with van der Waals surface area (Å²) in [4.78, 5) is 14.5. The van der Waals surface area contributed by atoms with Crippen molar-refractivity contribution in [3.63, 3.8) is 0 Å². The molecule has 0 unspecified atom stereocenters. The van der Waals surface area contributed by atoms with Gasteiger partial charge in [0.2, 0.25) is 5.22 Å².